The smallest absolute Gasteiger partial charge is 0.250 e. The molecule has 1 aromatic carbocycles. The third-order valence-corrected chi connectivity index (χ3v) is 4.41. The first-order chi connectivity index (χ1) is 9.84. The molecule has 1 N–H and O–H groups in total. The highest BCUT2D eigenvalue weighted by Gasteiger charge is 2.38. The van der Waals surface area contributed by atoms with Gasteiger partial charge >= 0.3 is 0 Å². The topological polar surface area (TPSA) is 49.4 Å². The average molecular weight is 306 g/mol. The van der Waals surface area contributed by atoms with Crippen LogP contribution >= 0.6 is 11.8 Å². The standard InChI is InChI=1S/C16H22N2O2S/c1-16(2,3)14-15(20)18(10-9-13(19)17-14)11-7-5-6-8-12(11)21-4/h5-8,14H,9-10H2,1-4H3,(H,17,19). The Kier molecular flexibility index (Phi) is 4.61. The molecule has 0 saturated carbocycles. The van der Waals surface area contributed by atoms with Crippen LogP contribution in [0.2, 0.25) is 0 Å². The van der Waals surface area contributed by atoms with Gasteiger partial charge in [-0.3, -0.25) is 9.59 Å². The molecular formula is C16H22N2O2S. The Morgan fingerprint density at radius 2 is 1.90 bits per heavy atom. The molecule has 1 aliphatic rings. The number of nitrogens with one attached hydrogen (secondary N) is 1. The van der Waals surface area contributed by atoms with Crippen molar-refractivity contribution in [3.8, 4) is 0 Å². The van der Waals surface area contributed by atoms with Crippen LogP contribution in [0.5, 0.6) is 0 Å². The minimum absolute atomic E-state index is 0.0325. The molecule has 1 atom stereocenters. The fraction of sp³-hybridized carbons (Fsp3) is 0.500. The summed E-state index contributed by atoms with van der Waals surface area (Å²) in [6.45, 7) is 6.34. The van der Waals surface area contributed by atoms with Gasteiger partial charge in [-0.25, -0.2) is 0 Å². The minimum atomic E-state index is -0.498. The molecule has 2 rings (SSSR count). The van der Waals surface area contributed by atoms with Crippen molar-refractivity contribution in [1.29, 1.82) is 0 Å². The lowest BCUT2D eigenvalue weighted by Crippen LogP contribution is -2.52. The maximum atomic E-state index is 12.9. The second-order valence-corrected chi connectivity index (χ2v) is 7.13. The molecule has 2 amide bonds. The lowest BCUT2D eigenvalue weighted by Gasteiger charge is -2.32. The van der Waals surface area contributed by atoms with Crippen LogP contribution in [0.3, 0.4) is 0 Å². The second-order valence-electron chi connectivity index (χ2n) is 6.28. The SMILES string of the molecule is CSc1ccccc1N1CCC(=O)NC(C(C)(C)C)C1=O. The number of hydrogen-bond acceptors (Lipinski definition) is 3. The van der Waals surface area contributed by atoms with Crippen LogP contribution in [0.25, 0.3) is 0 Å². The quantitative estimate of drug-likeness (QED) is 0.855. The van der Waals surface area contributed by atoms with Crippen molar-refractivity contribution in [2.75, 3.05) is 17.7 Å². The molecule has 0 spiro atoms. The van der Waals surface area contributed by atoms with Crippen LogP contribution in [-0.2, 0) is 9.59 Å². The van der Waals surface area contributed by atoms with Crippen molar-refractivity contribution in [1.82, 2.24) is 5.32 Å². The number of amides is 2. The van der Waals surface area contributed by atoms with Crippen LogP contribution in [0.4, 0.5) is 5.69 Å². The van der Waals surface area contributed by atoms with Gasteiger partial charge in [-0.1, -0.05) is 32.9 Å². The van der Waals surface area contributed by atoms with Gasteiger partial charge in [-0.2, -0.15) is 0 Å². The fourth-order valence-corrected chi connectivity index (χ4v) is 3.06. The third-order valence-electron chi connectivity index (χ3n) is 3.62. The molecule has 114 valence electrons. The molecule has 1 aromatic rings. The van der Waals surface area contributed by atoms with Crippen molar-refractivity contribution in [2.24, 2.45) is 5.41 Å². The largest absolute Gasteiger partial charge is 0.344 e. The van der Waals surface area contributed by atoms with E-state index < -0.39 is 6.04 Å². The van der Waals surface area contributed by atoms with E-state index in [0.717, 1.165) is 10.6 Å². The Hall–Kier alpha value is -1.49. The van der Waals surface area contributed by atoms with Crippen LogP contribution in [-0.4, -0.2) is 30.7 Å². The van der Waals surface area contributed by atoms with E-state index in [1.807, 2.05) is 51.3 Å². The number of rotatable bonds is 2. The lowest BCUT2D eigenvalue weighted by atomic mass is 9.86. The second kappa shape index (κ2) is 6.10. The summed E-state index contributed by atoms with van der Waals surface area (Å²) in [5, 5.41) is 2.87. The van der Waals surface area contributed by atoms with E-state index in [4.69, 9.17) is 0 Å². The monoisotopic (exact) mass is 306 g/mol. The van der Waals surface area contributed by atoms with Crippen molar-refractivity contribution in [3.05, 3.63) is 24.3 Å². The van der Waals surface area contributed by atoms with Gasteiger partial charge in [0.25, 0.3) is 0 Å². The first kappa shape index (κ1) is 15.9. The van der Waals surface area contributed by atoms with Crippen LogP contribution in [0, 0.1) is 5.41 Å². The van der Waals surface area contributed by atoms with E-state index in [2.05, 4.69) is 5.32 Å². The summed E-state index contributed by atoms with van der Waals surface area (Å²) in [4.78, 5) is 27.6. The molecule has 4 nitrogen and oxygen atoms in total. The molecule has 1 saturated heterocycles. The highest BCUT2D eigenvalue weighted by molar-refractivity contribution is 7.98. The molecular weight excluding hydrogens is 284 g/mol. The van der Waals surface area contributed by atoms with Gasteiger partial charge in [-0.05, 0) is 23.8 Å². The molecule has 0 bridgehead atoms. The predicted octanol–water partition coefficient (Wildman–Crippen LogP) is 2.68. The number of carbonyl (C=O) groups excluding carboxylic acids is 2. The number of hydrogen-bond donors (Lipinski definition) is 1. The number of para-hydroxylation sites is 1. The van der Waals surface area contributed by atoms with Crippen molar-refractivity contribution < 1.29 is 9.59 Å². The third kappa shape index (κ3) is 3.40. The molecule has 0 aliphatic carbocycles. The van der Waals surface area contributed by atoms with Gasteiger partial charge in [0.1, 0.15) is 6.04 Å². The maximum absolute atomic E-state index is 12.9. The van der Waals surface area contributed by atoms with Crippen molar-refractivity contribution in [2.45, 2.75) is 38.1 Å². The Morgan fingerprint density at radius 3 is 2.52 bits per heavy atom. The molecule has 1 heterocycles. The minimum Gasteiger partial charge on any atom is -0.344 e. The molecule has 21 heavy (non-hydrogen) atoms. The normalized spacial score (nSPS) is 20.2. The van der Waals surface area contributed by atoms with Crippen LogP contribution < -0.4 is 10.2 Å². The molecule has 1 unspecified atom stereocenters. The predicted molar refractivity (Wildman–Crippen MR) is 86.6 cm³/mol. The molecule has 1 fully saturated rings. The van der Waals surface area contributed by atoms with Gasteiger partial charge < -0.3 is 10.2 Å². The fourth-order valence-electron chi connectivity index (χ4n) is 2.45. The van der Waals surface area contributed by atoms with E-state index in [1.54, 1.807) is 16.7 Å². The Bertz CT molecular complexity index is 551. The van der Waals surface area contributed by atoms with E-state index in [9.17, 15) is 9.59 Å². The highest BCUT2D eigenvalue weighted by atomic mass is 32.2. The zero-order valence-corrected chi connectivity index (χ0v) is 13.8. The first-order valence-electron chi connectivity index (χ1n) is 7.08. The highest BCUT2D eigenvalue weighted by Crippen LogP contribution is 2.32. The van der Waals surface area contributed by atoms with E-state index in [0.29, 0.717) is 13.0 Å². The lowest BCUT2D eigenvalue weighted by molar-refractivity contribution is -0.127. The maximum Gasteiger partial charge on any atom is 0.250 e. The van der Waals surface area contributed by atoms with Gasteiger partial charge in [-0.15, -0.1) is 11.8 Å². The number of anilines is 1. The summed E-state index contributed by atoms with van der Waals surface area (Å²) in [5.74, 6) is -0.0951. The Morgan fingerprint density at radius 1 is 1.24 bits per heavy atom. The zero-order chi connectivity index (χ0) is 15.6. The average Bonchev–Trinajstić information content (AvgIpc) is 2.58. The number of nitrogens with zero attached hydrogens (tertiary/aromatic N) is 1. The number of thioether (sulfide) groups is 1. The van der Waals surface area contributed by atoms with Gasteiger partial charge in [0, 0.05) is 17.9 Å². The molecule has 5 heteroatoms. The Labute approximate surface area is 130 Å². The van der Waals surface area contributed by atoms with Crippen LogP contribution in [0.15, 0.2) is 29.2 Å². The molecule has 0 aromatic heterocycles. The zero-order valence-electron chi connectivity index (χ0n) is 13.0. The summed E-state index contributed by atoms with van der Waals surface area (Å²) in [7, 11) is 0. The molecule has 0 radical (unpaired) electrons. The van der Waals surface area contributed by atoms with Gasteiger partial charge in [0.05, 0.1) is 5.69 Å². The summed E-state index contributed by atoms with van der Waals surface area (Å²) in [5.41, 5.74) is 0.574. The van der Waals surface area contributed by atoms with Gasteiger partial charge in [0.2, 0.25) is 11.8 Å². The van der Waals surface area contributed by atoms with E-state index in [1.165, 1.54) is 0 Å². The van der Waals surface area contributed by atoms with E-state index in [-0.39, 0.29) is 17.2 Å². The Balaban J connectivity index is 2.42. The summed E-state index contributed by atoms with van der Waals surface area (Å²) in [6, 6.07) is 7.33. The van der Waals surface area contributed by atoms with Crippen molar-refractivity contribution >= 4 is 29.3 Å². The van der Waals surface area contributed by atoms with Crippen LogP contribution in [0.1, 0.15) is 27.2 Å². The first-order valence-corrected chi connectivity index (χ1v) is 8.31. The summed E-state index contributed by atoms with van der Waals surface area (Å²) < 4.78 is 0. The summed E-state index contributed by atoms with van der Waals surface area (Å²) in [6.07, 6.45) is 2.33. The molecule has 1 aliphatic heterocycles. The van der Waals surface area contributed by atoms with Gasteiger partial charge in [0.15, 0.2) is 0 Å². The van der Waals surface area contributed by atoms with Crippen molar-refractivity contribution in [3.63, 3.8) is 0 Å². The number of benzene rings is 1. The van der Waals surface area contributed by atoms with E-state index >= 15 is 0 Å². The number of carbonyl (C=O) groups is 2. The summed E-state index contributed by atoms with van der Waals surface area (Å²) >= 11 is 1.61.